The van der Waals surface area contributed by atoms with Gasteiger partial charge in [0, 0.05) is 33.4 Å². The number of methoxy groups -OCH3 is 1. The van der Waals surface area contributed by atoms with E-state index in [1.807, 2.05) is 0 Å². The first kappa shape index (κ1) is 18.1. The number of ether oxygens (including phenoxy) is 1. The Morgan fingerprint density at radius 2 is 2.05 bits per heavy atom. The van der Waals surface area contributed by atoms with Gasteiger partial charge in [-0.05, 0) is 20.3 Å². The largest absolute Gasteiger partial charge is 0.396 e. The number of sulfonamides is 1. The Morgan fingerprint density at radius 1 is 1.38 bits per heavy atom. The van der Waals surface area contributed by atoms with Crippen LogP contribution in [0.1, 0.15) is 24.7 Å². The van der Waals surface area contributed by atoms with Crippen LogP contribution in [0, 0.1) is 13.8 Å². The van der Waals surface area contributed by atoms with Crippen molar-refractivity contribution in [3.63, 3.8) is 0 Å². The van der Waals surface area contributed by atoms with Gasteiger partial charge in [0.05, 0.1) is 18.0 Å². The summed E-state index contributed by atoms with van der Waals surface area (Å²) in [5, 5.41) is 13.2. The van der Waals surface area contributed by atoms with Gasteiger partial charge in [-0.1, -0.05) is 6.92 Å². The molecule has 1 N–H and O–H groups in total. The Labute approximate surface area is 126 Å². The molecule has 1 aromatic rings. The van der Waals surface area contributed by atoms with Crippen LogP contribution in [0.2, 0.25) is 0 Å². The first-order valence-corrected chi connectivity index (χ1v) is 8.48. The molecule has 7 nitrogen and oxygen atoms in total. The number of nitrogens with zero attached hydrogens (tertiary/aromatic N) is 3. The van der Waals surface area contributed by atoms with Crippen molar-refractivity contribution >= 4 is 10.0 Å². The van der Waals surface area contributed by atoms with Crippen LogP contribution in [-0.2, 0) is 21.3 Å². The van der Waals surface area contributed by atoms with Crippen molar-refractivity contribution < 1.29 is 18.3 Å². The molecule has 0 aliphatic rings. The fraction of sp³-hybridized carbons (Fsp3) is 0.769. The zero-order valence-electron chi connectivity index (χ0n) is 13.2. The van der Waals surface area contributed by atoms with E-state index in [0.717, 1.165) is 0 Å². The number of aliphatic hydroxyl groups is 1. The van der Waals surface area contributed by atoms with E-state index in [4.69, 9.17) is 9.84 Å². The van der Waals surface area contributed by atoms with Crippen molar-refractivity contribution in [2.24, 2.45) is 0 Å². The SMILES string of the molecule is CCN(CCOC)S(=O)(=O)c1c(C)nn(CCCO)c1C. The molecule has 0 radical (unpaired) electrons. The van der Waals surface area contributed by atoms with Gasteiger partial charge in [-0.2, -0.15) is 9.40 Å². The number of hydrogen-bond donors (Lipinski definition) is 1. The highest BCUT2D eigenvalue weighted by Gasteiger charge is 2.29. The van der Waals surface area contributed by atoms with Crippen molar-refractivity contribution in [3.05, 3.63) is 11.4 Å². The lowest BCUT2D eigenvalue weighted by atomic mass is 10.4. The van der Waals surface area contributed by atoms with Gasteiger partial charge < -0.3 is 9.84 Å². The molecule has 1 heterocycles. The second-order valence-corrected chi connectivity index (χ2v) is 6.66. The van der Waals surface area contributed by atoms with Crippen LogP contribution in [0.3, 0.4) is 0 Å². The van der Waals surface area contributed by atoms with Crippen LogP contribution in [0.4, 0.5) is 0 Å². The van der Waals surface area contributed by atoms with Gasteiger partial charge in [0.1, 0.15) is 4.90 Å². The maximum absolute atomic E-state index is 12.8. The molecule has 0 spiro atoms. The molecule has 0 aliphatic heterocycles. The molecule has 1 rings (SSSR count). The molecule has 0 bridgehead atoms. The van der Waals surface area contributed by atoms with E-state index < -0.39 is 10.0 Å². The van der Waals surface area contributed by atoms with Gasteiger partial charge in [0.2, 0.25) is 10.0 Å². The summed E-state index contributed by atoms with van der Waals surface area (Å²) in [4.78, 5) is 0.262. The molecule has 0 amide bonds. The molecule has 0 fully saturated rings. The molecular formula is C13H25N3O4S. The third-order valence-corrected chi connectivity index (χ3v) is 5.57. The predicted molar refractivity (Wildman–Crippen MR) is 79.7 cm³/mol. The molecule has 122 valence electrons. The first-order chi connectivity index (χ1) is 9.89. The van der Waals surface area contributed by atoms with Crippen molar-refractivity contribution in [2.45, 2.75) is 38.6 Å². The van der Waals surface area contributed by atoms with Crippen LogP contribution in [0.15, 0.2) is 4.90 Å². The summed E-state index contributed by atoms with van der Waals surface area (Å²) in [6.45, 7) is 6.84. The summed E-state index contributed by atoms with van der Waals surface area (Å²) in [7, 11) is -2.04. The van der Waals surface area contributed by atoms with Gasteiger partial charge in [0.15, 0.2) is 0 Å². The summed E-state index contributed by atoms with van der Waals surface area (Å²) in [5.74, 6) is 0. The second kappa shape index (κ2) is 7.88. The van der Waals surface area contributed by atoms with E-state index >= 15 is 0 Å². The topological polar surface area (TPSA) is 84.7 Å². The van der Waals surface area contributed by atoms with Crippen molar-refractivity contribution in [3.8, 4) is 0 Å². The molecule has 0 atom stereocenters. The van der Waals surface area contributed by atoms with E-state index in [-0.39, 0.29) is 11.5 Å². The maximum atomic E-state index is 12.8. The van der Waals surface area contributed by atoms with Gasteiger partial charge in [-0.25, -0.2) is 8.42 Å². The van der Waals surface area contributed by atoms with E-state index in [0.29, 0.717) is 44.0 Å². The number of likely N-dealkylation sites (N-methyl/N-ethyl adjacent to an activating group) is 1. The summed E-state index contributed by atoms with van der Waals surface area (Å²) < 4.78 is 33.5. The average Bonchev–Trinajstić information content (AvgIpc) is 2.72. The highest BCUT2D eigenvalue weighted by molar-refractivity contribution is 7.89. The number of aryl methyl sites for hydroxylation is 2. The first-order valence-electron chi connectivity index (χ1n) is 7.04. The van der Waals surface area contributed by atoms with E-state index in [9.17, 15) is 8.42 Å². The lowest BCUT2D eigenvalue weighted by Gasteiger charge is -2.20. The van der Waals surface area contributed by atoms with Gasteiger partial charge in [-0.3, -0.25) is 4.68 Å². The Kier molecular flexibility index (Phi) is 6.79. The van der Waals surface area contributed by atoms with E-state index in [1.165, 1.54) is 4.31 Å². The molecule has 0 aliphatic carbocycles. The van der Waals surface area contributed by atoms with Crippen molar-refractivity contribution in [1.82, 2.24) is 14.1 Å². The molecule has 0 saturated carbocycles. The summed E-state index contributed by atoms with van der Waals surface area (Å²) >= 11 is 0. The number of aliphatic hydroxyl groups excluding tert-OH is 1. The van der Waals surface area contributed by atoms with Crippen LogP contribution < -0.4 is 0 Å². The summed E-state index contributed by atoms with van der Waals surface area (Å²) in [5.41, 5.74) is 1.10. The smallest absolute Gasteiger partial charge is 0.246 e. The normalized spacial score (nSPS) is 12.3. The Hall–Kier alpha value is -0.960. The zero-order valence-corrected chi connectivity index (χ0v) is 14.0. The summed E-state index contributed by atoms with van der Waals surface area (Å²) in [6.07, 6.45) is 0.544. The van der Waals surface area contributed by atoms with E-state index in [1.54, 1.807) is 32.6 Å². The average molecular weight is 319 g/mol. The van der Waals surface area contributed by atoms with Crippen LogP contribution in [0.25, 0.3) is 0 Å². The van der Waals surface area contributed by atoms with Crippen LogP contribution >= 0.6 is 0 Å². The fourth-order valence-corrected chi connectivity index (χ4v) is 4.07. The van der Waals surface area contributed by atoms with Crippen LogP contribution in [-0.4, -0.2) is 61.0 Å². The zero-order chi connectivity index (χ0) is 16.0. The standard InChI is InChI=1S/C13H25N3O4S/c1-5-15(8-10-20-4)21(18,19)13-11(2)14-16(12(13)3)7-6-9-17/h17H,5-10H2,1-4H3. The van der Waals surface area contributed by atoms with Crippen molar-refractivity contribution in [2.75, 3.05) is 33.4 Å². The molecule has 1 aromatic heterocycles. The quantitative estimate of drug-likeness (QED) is 0.718. The van der Waals surface area contributed by atoms with Crippen LogP contribution in [0.5, 0.6) is 0 Å². The molecular weight excluding hydrogens is 294 g/mol. The lowest BCUT2D eigenvalue weighted by Crippen LogP contribution is -2.34. The third-order valence-electron chi connectivity index (χ3n) is 3.34. The third kappa shape index (κ3) is 4.03. The monoisotopic (exact) mass is 319 g/mol. The number of aromatic nitrogens is 2. The highest BCUT2D eigenvalue weighted by atomic mass is 32.2. The fourth-order valence-electron chi connectivity index (χ4n) is 2.26. The predicted octanol–water partition coefficient (Wildman–Crippen LogP) is 0.539. The minimum absolute atomic E-state index is 0.0509. The molecule has 0 aromatic carbocycles. The molecule has 8 heteroatoms. The number of hydrogen-bond acceptors (Lipinski definition) is 5. The van der Waals surface area contributed by atoms with Gasteiger partial charge in [0.25, 0.3) is 0 Å². The molecule has 0 saturated heterocycles. The minimum atomic E-state index is -3.58. The summed E-state index contributed by atoms with van der Waals surface area (Å²) in [6, 6.07) is 0. The second-order valence-electron chi connectivity index (χ2n) is 4.79. The van der Waals surface area contributed by atoms with E-state index in [2.05, 4.69) is 5.10 Å². The minimum Gasteiger partial charge on any atom is -0.396 e. The number of rotatable bonds is 9. The lowest BCUT2D eigenvalue weighted by molar-refractivity contribution is 0.180. The Bertz CT molecular complexity index is 554. The van der Waals surface area contributed by atoms with Gasteiger partial charge in [-0.15, -0.1) is 0 Å². The molecule has 21 heavy (non-hydrogen) atoms. The highest BCUT2D eigenvalue weighted by Crippen LogP contribution is 2.23. The van der Waals surface area contributed by atoms with Crippen molar-refractivity contribution in [1.29, 1.82) is 0 Å². The van der Waals surface area contributed by atoms with Gasteiger partial charge >= 0.3 is 0 Å². The molecule has 0 unspecified atom stereocenters. The Morgan fingerprint density at radius 3 is 2.57 bits per heavy atom. The maximum Gasteiger partial charge on any atom is 0.246 e. The Balaban J connectivity index is 3.15.